The van der Waals surface area contributed by atoms with E-state index in [1.807, 2.05) is 31.2 Å². The number of benzene rings is 1. The molecule has 0 spiro atoms. The van der Waals surface area contributed by atoms with E-state index in [1.54, 1.807) is 0 Å². The average Bonchev–Trinajstić information content (AvgIpc) is 3.33. The highest BCUT2D eigenvalue weighted by Crippen LogP contribution is 2.24. The van der Waals surface area contributed by atoms with Crippen molar-refractivity contribution in [2.45, 2.75) is 31.8 Å². The van der Waals surface area contributed by atoms with Crippen LogP contribution in [-0.4, -0.2) is 59.2 Å². The third-order valence-electron chi connectivity index (χ3n) is 4.93. The molecule has 2 aromatic rings. The number of rotatable bonds is 5. The molecule has 1 saturated carbocycles. The molecule has 1 aromatic carbocycles. The number of hydrogen-bond acceptors (Lipinski definition) is 6. The fraction of sp³-hybridized carbons (Fsp3) is 0.500. The predicted octanol–water partition coefficient (Wildman–Crippen LogP) is 2.18. The number of nitrogens with zero attached hydrogens (tertiary/aromatic N) is 4. The standard InChI is InChI=1S/C18H22ClN5O2/c1-12(17(25)20-15-5-6-15)23-7-9-24(10-8-23)18-21-16(22-26-18)13-3-2-4-14(19)11-13/h2-4,11-12,15H,5-10H2,1H3,(H,20,25). The summed E-state index contributed by atoms with van der Waals surface area (Å²) in [6, 6.07) is 8.19. The molecule has 0 bridgehead atoms. The molecule has 8 heteroatoms. The molecule has 0 radical (unpaired) electrons. The lowest BCUT2D eigenvalue weighted by molar-refractivity contribution is -0.126. The molecule has 1 saturated heterocycles. The highest BCUT2D eigenvalue weighted by molar-refractivity contribution is 6.30. The maximum absolute atomic E-state index is 12.2. The van der Waals surface area contributed by atoms with Crippen molar-refractivity contribution in [3.05, 3.63) is 29.3 Å². The Balaban J connectivity index is 1.35. The summed E-state index contributed by atoms with van der Waals surface area (Å²) in [5.74, 6) is 0.657. The van der Waals surface area contributed by atoms with Gasteiger partial charge in [-0.3, -0.25) is 9.69 Å². The van der Waals surface area contributed by atoms with Crippen LogP contribution in [0.4, 0.5) is 6.01 Å². The fourth-order valence-corrected chi connectivity index (χ4v) is 3.29. The third-order valence-corrected chi connectivity index (χ3v) is 5.17. The predicted molar refractivity (Wildman–Crippen MR) is 99.2 cm³/mol. The molecular formula is C18H22ClN5O2. The largest absolute Gasteiger partial charge is 0.352 e. The number of halogens is 1. The number of piperazine rings is 1. The van der Waals surface area contributed by atoms with Gasteiger partial charge < -0.3 is 14.7 Å². The summed E-state index contributed by atoms with van der Waals surface area (Å²) in [5, 5.41) is 7.77. The first-order valence-corrected chi connectivity index (χ1v) is 9.37. The van der Waals surface area contributed by atoms with Crippen molar-refractivity contribution in [1.82, 2.24) is 20.4 Å². The van der Waals surface area contributed by atoms with Gasteiger partial charge in [-0.05, 0) is 31.9 Å². The third kappa shape index (κ3) is 3.83. The Hall–Kier alpha value is -2.12. The van der Waals surface area contributed by atoms with E-state index in [0.29, 0.717) is 22.9 Å². The summed E-state index contributed by atoms with van der Waals surface area (Å²) in [7, 11) is 0. The second-order valence-corrected chi connectivity index (χ2v) is 7.33. The number of amides is 1. The first kappa shape index (κ1) is 17.3. The number of nitrogens with one attached hydrogen (secondary N) is 1. The van der Waals surface area contributed by atoms with Gasteiger partial charge in [0.15, 0.2) is 0 Å². The SMILES string of the molecule is CC(C(=O)NC1CC1)N1CCN(c2nc(-c3cccc(Cl)c3)no2)CC1. The minimum absolute atomic E-state index is 0.109. The lowest BCUT2D eigenvalue weighted by Gasteiger charge is -2.36. The molecule has 26 heavy (non-hydrogen) atoms. The molecule has 4 rings (SSSR count). The lowest BCUT2D eigenvalue weighted by atomic mass is 10.2. The van der Waals surface area contributed by atoms with Crippen LogP contribution >= 0.6 is 11.6 Å². The van der Waals surface area contributed by atoms with Crippen LogP contribution in [0, 0.1) is 0 Å². The zero-order valence-electron chi connectivity index (χ0n) is 14.7. The number of aromatic nitrogens is 2. The number of anilines is 1. The molecule has 1 aliphatic heterocycles. The molecule has 7 nitrogen and oxygen atoms in total. The zero-order chi connectivity index (χ0) is 18.1. The molecule has 1 amide bonds. The normalized spacial score (nSPS) is 19.4. The van der Waals surface area contributed by atoms with Gasteiger partial charge in [-0.1, -0.05) is 28.9 Å². The van der Waals surface area contributed by atoms with Crippen molar-refractivity contribution in [2.24, 2.45) is 0 Å². The fourth-order valence-electron chi connectivity index (χ4n) is 3.10. The molecule has 1 aliphatic carbocycles. The van der Waals surface area contributed by atoms with Gasteiger partial charge in [-0.25, -0.2) is 0 Å². The van der Waals surface area contributed by atoms with E-state index in [4.69, 9.17) is 16.1 Å². The Kier molecular flexibility index (Phi) is 4.82. The van der Waals surface area contributed by atoms with Crippen LogP contribution in [0.15, 0.2) is 28.8 Å². The first-order chi connectivity index (χ1) is 12.6. The minimum Gasteiger partial charge on any atom is -0.352 e. The summed E-state index contributed by atoms with van der Waals surface area (Å²) in [6.07, 6.45) is 2.22. The summed E-state index contributed by atoms with van der Waals surface area (Å²) < 4.78 is 5.43. The van der Waals surface area contributed by atoms with Crippen molar-refractivity contribution in [1.29, 1.82) is 0 Å². The van der Waals surface area contributed by atoms with Crippen LogP contribution < -0.4 is 10.2 Å². The summed E-state index contributed by atoms with van der Waals surface area (Å²) in [4.78, 5) is 21.0. The number of carbonyl (C=O) groups is 1. The zero-order valence-corrected chi connectivity index (χ0v) is 15.4. The second-order valence-electron chi connectivity index (χ2n) is 6.89. The smallest absolute Gasteiger partial charge is 0.324 e. The second kappa shape index (κ2) is 7.25. The van der Waals surface area contributed by atoms with E-state index >= 15 is 0 Å². The van der Waals surface area contributed by atoms with Gasteiger partial charge in [0.1, 0.15) is 0 Å². The van der Waals surface area contributed by atoms with E-state index in [1.165, 1.54) is 0 Å². The highest BCUT2D eigenvalue weighted by atomic mass is 35.5. The van der Waals surface area contributed by atoms with Gasteiger partial charge in [-0.15, -0.1) is 0 Å². The molecule has 2 aliphatic rings. The van der Waals surface area contributed by atoms with Crippen LogP contribution in [0.2, 0.25) is 5.02 Å². The van der Waals surface area contributed by atoms with Crippen LogP contribution in [0.5, 0.6) is 0 Å². The molecule has 1 aromatic heterocycles. The van der Waals surface area contributed by atoms with Crippen molar-refractivity contribution in [2.75, 3.05) is 31.1 Å². The average molecular weight is 376 g/mol. The van der Waals surface area contributed by atoms with Crippen molar-refractivity contribution < 1.29 is 9.32 Å². The quantitative estimate of drug-likeness (QED) is 0.863. The lowest BCUT2D eigenvalue weighted by Crippen LogP contribution is -2.54. The van der Waals surface area contributed by atoms with Crippen LogP contribution in [0.25, 0.3) is 11.4 Å². The molecular weight excluding hydrogens is 354 g/mol. The Morgan fingerprint density at radius 2 is 2.08 bits per heavy atom. The van der Waals surface area contributed by atoms with Gasteiger partial charge in [0, 0.05) is 42.8 Å². The minimum atomic E-state index is -0.109. The van der Waals surface area contributed by atoms with E-state index in [-0.39, 0.29) is 11.9 Å². The molecule has 138 valence electrons. The molecule has 1 N–H and O–H groups in total. The van der Waals surface area contributed by atoms with Gasteiger partial charge in [0.2, 0.25) is 11.7 Å². The van der Waals surface area contributed by atoms with Crippen molar-refractivity contribution >= 4 is 23.5 Å². The molecule has 1 unspecified atom stereocenters. The topological polar surface area (TPSA) is 74.5 Å². The van der Waals surface area contributed by atoms with E-state index < -0.39 is 0 Å². The van der Waals surface area contributed by atoms with Gasteiger partial charge in [-0.2, -0.15) is 4.98 Å². The van der Waals surface area contributed by atoms with Crippen LogP contribution in [-0.2, 0) is 4.79 Å². The van der Waals surface area contributed by atoms with Gasteiger partial charge in [0.05, 0.1) is 6.04 Å². The maximum atomic E-state index is 12.2. The van der Waals surface area contributed by atoms with E-state index in [9.17, 15) is 4.79 Å². The van der Waals surface area contributed by atoms with E-state index in [2.05, 4.69) is 25.3 Å². The number of hydrogen-bond donors (Lipinski definition) is 1. The highest BCUT2D eigenvalue weighted by Gasteiger charge is 2.30. The molecule has 2 fully saturated rings. The summed E-state index contributed by atoms with van der Waals surface area (Å²) in [5.41, 5.74) is 0.830. The molecule has 1 atom stereocenters. The van der Waals surface area contributed by atoms with Crippen molar-refractivity contribution in [3.8, 4) is 11.4 Å². The Morgan fingerprint density at radius 1 is 1.31 bits per heavy atom. The first-order valence-electron chi connectivity index (χ1n) is 8.99. The Bertz CT molecular complexity index is 783. The van der Waals surface area contributed by atoms with Gasteiger partial charge in [0.25, 0.3) is 0 Å². The van der Waals surface area contributed by atoms with Gasteiger partial charge >= 0.3 is 6.01 Å². The number of carbonyl (C=O) groups excluding carboxylic acids is 1. The van der Waals surface area contributed by atoms with E-state index in [0.717, 1.165) is 44.6 Å². The molecule has 2 heterocycles. The summed E-state index contributed by atoms with van der Waals surface area (Å²) >= 11 is 6.02. The van der Waals surface area contributed by atoms with Crippen LogP contribution in [0.3, 0.4) is 0 Å². The van der Waals surface area contributed by atoms with Crippen LogP contribution in [0.1, 0.15) is 19.8 Å². The summed E-state index contributed by atoms with van der Waals surface area (Å²) in [6.45, 7) is 5.04. The maximum Gasteiger partial charge on any atom is 0.324 e. The Labute approximate surface area is 157 Å². The van der Waals surface area contributed by atoms with Crippen molar-refractivity contribution in [3.63, 3.8) is 0 Å². The monoisotopic (exact) mass is 375 g/mol. The Morgan fingerprint density at radius 3 is 2.77 bits per heavy atom.